The highest BCUT2D eigenvalue weighted by atomic mass is 35.5. The normalized spacial score (nSPS) is 11.7. The minimum Gasteiger partial charge on any atom is -0.269 e. The molecule has 0 aliphatic carbocycles. The Kier molecular flexibility index (Phi) is 3.27. The molecule has 18 heavy (non-hydrogen) atoms. The van der Waals surface area contributed by atoms with E-state index in [-0.39, 0.29) is 10.9 Å². The summed E-state index contributed by atoms with van der Waals surface area (Å²) in [6.45, 7) is 0. The van der Waals surface area contributed by atoms with E-state index < -0.39 is 15.5 Å². The van der Waals surface area contributed by atoms with E-state index in [1.807, 2.05) is 0 Å². The molecule has 96 valence electrons. The summed E-state index contributed by atoms with van der Waals surface area (Å²) in [5.74, 6) is -0.234. The fourth-order valence-corrected chi connectivity index (χ4v) is 3.05. The van der Waals surface area contributed by atoms with Gasteiger partial charge in [-0.1, -0.05) is 23.7 Å². The van der Waals surface area contributed by atoms with Crippen molar-refractivity contribution in [3.05, 3.63) is 45.3 Å². The minimum absolute atomic E-state index is 0.234. The van der Waals surface area contributed by atoms with Crippen molar-refractivity contribution in [2.24, 2.45) is 7.05 Å². The maximum Gasteiger partial charge on any atom is 0.343 e. The molecule has 2 rings (SSSR count). The Labute approximate surface area is 108 Å². The third-order valence-electron chi connectivity index (χ3n) is 2.39. The minimum atomic E-state index is -3.66. The number of nitrogens with one attached hydrogen (secondary N) is 1. The molecule has 2 aromatic rings. The van der Waals surface area contributed by atoms with Crippen LogP contribution in [0.3, 0.4) is 0 Å². The number of hydrogen-bond acceptors (Lipinski definition) is 4. The fraction of sp³-hybridized carbons (Fsp3) is 0.200. The van der Waals surface area contributed by atoms with Crippen LogP contribution in [0.1, 0.15) is 5.56 Å². The van der Waals surface area contributed by atoms with E-state index in [1.54, 1.807) is 24.3 Å². The molecule has 0 saturated carbocycles. The van der Waals surface area contributed by atoms with Gasteiger partial charge in [-0.2, -0.15) is 0 Å². The smallest absolute Gasteiger partial charge is 0.269 e. The van der Waals surface area contributed by atoms with Crippen LogP contribution in [0.4, 0.5) is 0 Å². The van der Waals surface area contributed by atoms with Gasteiger partial charge in [-0.15, -0.1) is 5.10 Å². The molecular weight excluding hydrogens is 278 g/mol. The van der Waals surface area contributed by atoms with Gasteiger partial charge in [0.2, 0.25) is 15.0 Å². The van der Waals surface area contributed by atoms with Gasteiger partial charge in [-0.3, -0.25) is 4.57 Å². The third kappa shape index (κ3) is 2.46. The highest BCUT2D eigenvalue weighted by molar-refractivity contribution is 7.90. The van der Waals surface area contributed by atoms with E-state index in [1.165, 1.54) is 7.05 Å². The molecule has 0 amide bonds. The van der Waals surface area contributed by atoms with E-state index in [0.29, 0.717) is 10.6 Å². The second-order valence-corrected chi connectivity index (χ2v) is 6.08. The van der Waals surface area contributed by atoms with Gasteiger partial charge in [0.25, 0.3) is 0 Å². The van der Waals surface area contributed by atoms with Gasteiger partial charge in [-0.25, -0.2) is 18.3 Å². The molecule has 0 fully saturated rings. The van der Waals surface area contributed by atoms with Crippen LogP contribution < -0.4 is 5.69 Å². The van der Waals surface area contributed by atoms with E-state index in [2.05, 4.69) is 10.2 Å². The van der Waals surface area contributed by atoms with Crippen LogP contribution in [0, 0.1) is 0 Å². The number of halogens is 1. The summed E-state index contributed by atoms with van der Waals surface area (Å²) >= 11 is 5.72. The fourth-order valence-electron chi connectivity index (χ4n) is 1.48. The van der Waals surface area contributed by atoms with Crippen LogP contribution in [0.15, 0.2) is 34.2 Å². The molecule has 1 N–H and O–H groups in total. The van der Waals surface area contributed by atoms with Gasteiger partial charge >= 0.3 is 5.69 Å². The van der Waals surface area contributed by atoms with Gasteiger partial charge in [0, 0.05) is 12.1 Å². The number of aromatic nitrogens is 3. The molecule has 1 aromatic heterocycles. The quantitative estimate of drug-likeness (QED) is 0.902. The van der Waals surface area contributed by atoms with E-state index in [4.69, 9.17) is 11.6 Å². The van der Waals surface area contributed by atoms with Crippen LogP contribution in [0.25, 0.3) is 0 Å². The highest BCUT2D eigenvalue weighted by Crippen LogP contribution is 2.15. The zero-order valence-corrected chi connectivity index (χ0v) is 11.0. The largest absolute Gasteiger partial charge is 0.343 e. The number of benzene rings is 1. The van der Waals surface area contributed by atoms with Gasteiger partial charge in [0.15, 0.2) is 0 Å². The molecule has 0 bridgehead atoms. The first kappa shape index (κ1) is 12.8. The maximum absolute atomic E-state index is 12.0. The van der Waals surface area contributed by atoms with Crippen molar-refractivity contribution in [1.82, 2.24) is 14.8 Å². The summed E-state index contributed by atoms with van der Waals surface area (Å²) < 4.78 is 25.1. The molecule has 0 radical (unpaired) electrons. The molecule has 0 aliphatic rings. The molecular formula is C10H10ClN3O3S. The second-order valence-electron chi connectivity index (χ2n) is 3.76. The SMILES string of the molecule is Cn1c(S(=O)(=O)Cc2ccc(Cl)cc2)n[nH]c1=O. The molecule has 0 spiro atoms. The van der Waals surface area contributed by atoms with E-state index in [9.17, 15) is 13.2 Å². The van der Waals surface area contributed by atoms with Crippen LogP contribution in [0.5, 0.6) is 0 Å². The lowest BCUT2D eigenvalue weighted by Crippen LogP contribution is -2.18. The summed E-state index contributed by atoms with van der Waals surface area (Å²) in [5.41, 5.74) is 0.0135. The van der Waals surface area contributed by atoms with Crippen molar-refractivity contribution in [2.45, 2.75) is 10.9 Å². The lowest BCUT2D eigenvalue weighted by Gasteiger charge is -2.03. The van der Waals surface area contributed by atoms with Crippen molar-refractivity contribution in [2.75, 3.05) is 0 Å². The Hall–Kier alpha value is -1.60. The van der Waals surface area contributed by atoms with Crippen molar-refractivity contribution < 1.29 is 8.42 Å². The summed E-state index contributed by atoms with van der Waals surface area (Å²) in [4.78, 5) is 11.1. The van der Waals surface area contributed by atoms with E-state index in [0.717, 1.165) is 4.57 Å². The van der Waals surface area contributed by atoms with Crippen molar-refractivity contribution in [1.29, 1.82) is 0 Å². The highest BCUT2D eigenvalue weighted by Gasteiger charge is 2.22. The molecule has 0 saturated heterocycles. The lowest BCUT2D eigenvalue weighted by molar-refractivity contribution is 0.576. The van der Waals surface area contributed by atoms with Crippen LogP contribution in [0.2, 0.25) is 5.02 Å². The topological polar surface area (TPSA) is 84.8 Å². The number of sulfone groups is 1. The summed E-state index contributed by atoms with van der Waals surface area (Å²) in [6.07, 6.45) is 0. The van der Waals surface area contributed by atoms with Gasteiger partial charge in [-0.05, 0) is 17.7 Å². The molecule has 0 aliphatic heterocycles. The van der Waals surface area contributed by atoms with E-state index >= 15 is 0 Å². The Morgan fingerprint density at radius 1 is 1.33 bits per heavy atom. The van der Waals surface area contributed by atoms with Crippen LogP contribution in [-0.4, -0.2) is 23.2 Å². The Bertz CT molecular complexity index is 716. The number of hydrogen-bond donors (Lipinski definition) is 1. The van der Waals surface area contributed by atoms with Crippen LogP contribution in [-0.2, 0) is 22.6 Å². The number of aromatic amines is 1. The predicted octanol–water partition coefficient (Wildman–Crippen LogP) is 0.736. The predicted molar refractivity (Wildman–Crippen MR) is 66.2 cm³/mol. The monoisotopic (exact) mass is 287 g/mol. The van der Waals surface area contributed by atoms with Crippen LogP contribution >= 0.6 is 11.6 Å². The summed E-state index contributed by atoms with van der Waals surface area (Å²) in [5, 5.41) is 5.86. The summed E-state index contributed by atoms with van der Waals surface area (Å²) in [6, 6.07) is 6.45. The van der Waals surface area contributed by atoms with Crippen molar-refractivity contribution >= 4 is 21.4 Å². The third-order valence-corrected chi connectivity index (χ3v) is 4.27. The molecule has 8 heteroatoms. The van der Waals surface area contributed by atoms with Gasteiger partial charge in [0.05, 0.1) is 5.75 Å². The lowest BCUT2D eigenvalue weighted by atomic mass is 10.2. The zero-order valence-electron chi connectivity index (χ0n) is 9.42. The van der Waals surface area contributed by atoms with Gasteiger partial charge < -0.3 is 0 Å². The molecule has 0 unspecified atom stereocenters. The Morgan fingerprint density at radius 2 is 1.94 bits per heavy atom. The first-order valence-electron chi connectivity index (χ1n) is 4.99. The number of nitrogens with zero attached hydrogens (tertiary/aromatic N) is 2. The number of H-pyrrole nitrogens is 1. The Balaban J connectivity index is 2.36. The standard InChI is InChI=1S/C10H10ClN3O3S/c1-14-9(15)12-13-10(14)18(16,17)6-7-2-4-8(11)5-3-7/h2-5H,6H2,1H3,(H,12,15). The first-order valence-corrected chi connectivity index (χ1v) is 7.02. The second kappa shape index (κ2) is 4.58. The average molecular weight is 288 g/mol. The maximum atomic E-state index is 12.0. The zero-order chi connectivity index (χ0) is 13.3. The molecule has 1 heterocycles. The van der Waals surface area contributed by atoms with Crippen molar-refractivity contribution in [3.63, 3.8) is 0 Å². The molecule has 0 atom stereocenters. The summed E-state index contributed by atoms with van der Waals surface area (Å²) in [7, 11) is -2.31. The molecule has 6 nitrogen and oxygen atoms in total. The average Bonchev–Trinajstić information content (AvgIpc) is 2.63. The molecule has 1 aromatic carbocycles. The van der Waals surface area contributed by atoms with Crippen molar-refractivity contribution in [3.8, 4) is 0 Å². The number of rotatable bonds is 3. The first-order chi connectivity index (χ1) is 8.40. The van der Waals surface area contributed by atoms with Gasteiger partial charge in [0.1, 0.15) is 0 Å². The Morgan fingerprint density at radius 3 is 2.44 bits per heavy atom.